The fourth-order valence-corrected chi connectivity index (χ4v) is 1.38. The summed E-state index contributed by atoms with van der Waals surface area (Å²) in [5, 5.41) is 16.9. The molecular weight excluding hydrogens is 206 g/mol. The van der Waals surface area contributed by atoms with Gasteiger partial charge in [-0.3, -0.25) is 4.68 Å². The average Bonchev–Trinajstić information content (AvgIpc) is 2.67. The van der Waals surface area contributed by atoms with Crippen LogP contribution in [0.3, 0.4) is 0 Å². The zero-order valence-electron chi connectivity index (χ0n) is 10.2. The van der Waals surface area contributed by atoms with E-state index in [1.807, 2.05) is 16.9 Å². The number of nitrogens with one attached hydrogen (secondary N) is 1. The first-order valence-corrected chi connectivity index (χ1v) is 5.55. The van der Waals surface area contributed by atoms with Crippen LogP contribution in [0.5, 0.6) is 0 Å². The second-order valence-corrected chi connectivity index (χ2v) is 4.12. The van der Waals surface area contributed by atoms with Crippen molar-refractivity contribution in [3.8, 4) is 0 Å². The van der Waals surface area contributed by atoms with Crippen LogP contribution in [0.4, 0.5) is 0 Å². The summed E-state index contributed by atoms with van der Waals surface area (Å²) in [5.74, 6) is 0. The number of aliphatic hydroxyl groups excluding tert-OH is 1. The van der Waals surface area contributed by atoms with Gasteiger partial charge in [0, 0.05) is 32.4 Å². The van der Waals surface area contributed by atoms with Crippen molar-refractivity contribution >= 4 is 0 Å². The number of aliphatic hydroxyl groups is 1. The van der Waals surface area contributed by atoms with E-state index in [1.54, 1.807) is 7.11 Å². The smallest absolute Gasteiger partial charge is 0.0897 e. The van der Waals surface area contributed by atoms with Gasteiger partial charge in [-0.1, -0.05) is 0 Å². The topological polar surface area (TPSA) is 59.3 Å². The molecular formula is C11H21N3O2. The zero-order valence-corrected chi connectivity index (χ0v) is 10.2. The molecule has 1 rings (SSSR count). The average molecular weight is 227 g/mol. The van der Waals surface area contributed by atoms with Gasteiger partial charge in [-0.2, -0.15) is 5.10 Å². The Labute approximate surface area is 96.4 Å². The maximum Gasteiger partial charge on any atom is 0.0897 e. The zero-order chi connectivity index (χ0) is 12.0. The molecule has 92 valence electrons. The van der Waals surface area contributed by atoms with Gasteiger partial charge in [-0.25, -0.2) is 0 Å². The number of aromatic nitrogens is 2. The van der Waals surface area contributed by atoms with E-state index in [1.165, 1.54) is 0 Å². The second-order valence-electron chi connectivity index (χ2n) is 4.12. The van der Waals surface area contributed by atoms with Crippen LogP contribution in [0.2, 0.25) is 0 Å². The molecule has 0 amide bonds. The number of hydrogen-bond donors (Lipinski definition) is 2. The Morgan fingerprint density at radius 2 is 2.31 bits per heavy atom. The van der Waals surface area contributed by atoms with Crippen LogP contribution in [0.1, 0.15) is 25.6 Å². The minimum atomic E-state index is -0.461. The van der Waals surface area contributed by atoms with E-state index in [0.717, 1.165) is 5.69 Å². The van der Waals surface area contributed by atoms with E-state index in [0.29, 0.717) is 25.7 Å². The minimum absolute atomic E-state index is 0.355. The van der Waals surface area contributed by atoms with Gasteiger partial charge in [0.25, 0.3) is 0 Å². The Kier molecular flexibility index (Phi) is 5.45. The van der Waals surface area contributed by atoms with Crippen LogP contribution in [0, 0.1) is 0 Å². The molecule has 5 heteroatoms. The molecule has 0 aliphatic heterocycles. The first-order chi connectivity index (χ1) is 7.63. The summed E-state index contributed by atoms with van der Waals surface area (Å²) in [6.07, 6.45) is 1.50. The third-order valence-electron chi connectivity index (χ3n) is 2.24. The predicted octanol–water partition coefficient (Wildman–Crippen LogP) is 0.561. The van der Waals surface area contributed by atoms with Crippen molar-refractivity contribution in [2.24, 2.45) is 0 Å². The number of hydrogen-bond acceptors (Lipinski definition) is 4. The lowest BCUT2D eigenvalue weighted by Gasteiger charge is -2.09. The van der Waals surface area contributed by atoms with E-state index in [4.69, 9.17) is 4.74 Å². The molecule has 16 heavy (non-hydrogen) atoms. The van der Waals surface area contributed by atoms with Crippen LogP contribution in [0.25, 0.3) is 0 Å². The summed E-state index contributed by atoms with van der Waals surface area (Å²) in [6, 6.07) is 2.36. The van der Waals surface area contributed by atoms with Crippen molar-refractivity contribution < 1.29 is 9.84 Å². The van der Waals surface area contributed by atoms with Crippen molar-refractivity contribution in [1.29, 1.82) is 0 Å². The molecule has 0 saturated carbocycles. The van der Waals surface area contributed by atoms with Crippen molar-refractivity contribution in [2.45, 2.75) is 32.5 Å². The number of nitrogens with zero attached hydrogens (tertiary/aromatic N) is 2. The van der Waals surface area contributed by atoms with Crippen molar-refractivity contribution in [2.75, 3.05) is 20.3 Å². The molecule has 1 heterocycles. The summed E-state index contributed by atoms with van der Waals surface area (Å²) >= 11 is 0. The first kappa shape index (κ1) is 13.2. The van der Waals surface area contributed by atoms with Gasteiger partial charge < -0.3 is 15.2 Å². The second kappa shape index (κ2) is 6.62. The predicted molar refractivity (Wildman–Crippen MR) is 62.2 cm³/mol. The Balaban J connectivity index is 2.26. The van der Waals surface area contributed by atoms with Gasteiger partial charge in [0.2, 0.25) is 0 Å². The first-order valence-electron chi connectivity index (χ1n) is 5.55. The fourth-order valence-electron chi connectivity index (χ4n) is 1.38. The van der Waals surface area contributed by atoms with E-state index in [-0.39, 0.29) is 0 Å². The van der Waals surface area contributed by atoms with Gasteiger partial charge >= 0.3 is 0 Å². The summed E-state index contributed by atoms with van der Waals surface area (Å²) in [5.41, 5.74) is 0.985. The van der Waals surface area contributed by atoms with Gasteiger partial charge in [0.15, 0.2) is 0 Å². The molecule has 1 aromatic rings. The van der Waals surface area contributed by atoms with Gasteiger partial charge in [0.05, 0.1) is 18.4 Å². The molecule has 0 spiro atoms. The lowest BCUT2D eigenvalue weighted by molar-refractivity contribution is 0.0643. The van der Waals surface area contributed by atoms with Crippen LogP contribution in [-0.2, 0) is 11.3 Å². The Bertz CT molecular complexity index is 299. The summed E-state index contributed by atoms with van der Waals surface area (Å²) in [7, 11) is 1.58. The van der Waals surface area contributed by atoms with Crippen molar-refractivity contribution in [3.05, 3.63) is 18.0 Å². The molecule has 0 aliphatic carbocycles. The molecule has 0 radical (unpaired) electrons. The fraction of sp³-hybridized carbons (Fsp3) is 0.727. The highest BCUT2D eigenvalue weighted by atomic mass is 16.5. The van der Waals surface area contributed by atoms with Crippen LogP contribution >= 0.6 is 0 Å². The highest BCUT2D eigenvalue weighted by Crippen LogP contribution is 2.03. The van der Waals surface area contributed by atoms with Gasteiger partial charge in [-0.05, 0) is 19.9 Å². The highest BCUT2D eigenvalue weighted by Gasteiger charge is 2.04. The number of rotatable bonds is 7. The quantitative estimate of drug-likeness (QED) is 0.714. The molecule has 1 aromatic heterocycles. The molecule has 0 fully saturated rings. The maximum absolute atomic E-state index is 9.41. The third-order valence-corrected chi connectivity index (χ3v) is 2.24. The summed E-state index contributed by atoms with van der Waals surface area (Å²) in [4.78, 5) is 0. The molecule has 5 nitrogen and oxygen atoms in total. The van der Waals surface area contributed by atoms with Gasteiger partial charge in [-0.15, -0.1) is 0 Å². The van der Waals surface area contributed by atoms with Crippen LogP contribution in [0.15, 0.2) is 12.3 Å². The highest BCUT2D eigenvalue weighted by molar-refractivity contribution is 4.99. The third kappa shape index (κ3) is 4.30. The van der Waals surface area contributed by atoms with Crippen molar-refractivity contribution in [1.82, 2.24) is 15.1 Å². The lowest BCUT2D eigenvalue weighted by atomic mass is 10.3. The lowest BCUT2D eigenvalue weighted by Crippen LogP contribution is -2.29. The monoisotopic (exact) mass is 227 g/mol. The normalized spacial score (nSPS) is 13.3. The minimum Gasteiger partial charge on any atom is -0.389 e. The molecule has 0 saturated heterocycles. The number of methoxy groups -OCH3 is 1. The maximum atomic E-state index is 9.41. The Hall–Kier alpha value is -0.910. The Morgan fingerprint density at radius 3 is 2.88 bits per heavy atom. The molecule has 0 bridgehead atoms. The van der Waals surface area contributed by atoms with Crippen LogP contribution in [-0.4, -0.2) is 41.3 Å². The molecule has 2 N–H and O–H groups in total. The van der Waals surface area contributed by atoms with E-state index >= 15 is 0 Å². The van der Waals surface area contributed by atoms with Crippen molar-refractivity contribution in [3.63, 3.8) is 0 Å². The summed E-state index contributed by atoms with van der Waals surface area (Å²) < 4.78 is 6.75. The SMILES string of the molecule is COCC(O)CNCc1ccn(C(C)C)n1. The standard InChI is InChI=1S/C11H21N3O2/c1-9(2)14-5-4-10(13-14)6-12-7-11(15)8-16-3/h4-5,9,11-12,15H,6-8H2,1-3H3. The Morgan fingerprint density at radius 1 is 1.56 bits per heavy atom. The van der Waals surface area contributed by atoms with E-state index in [2.05, 4.69) is 24.3 Å². The molecule has 1 atom stereocenters. The van der Waals surface area contributed by atoms with E-state index < -0.39 is 6.10 Å². The number of ether oxygens (including phenoxy) is 1. The molecule has 0 aromatic carbocycles. The largest absolute Gasteiger partial charge is 0.389 e. The molecule has 1 unspecified atom stereocenters. The van der Waals surface area contributed by atoms with Gasteiger partial charge in [0.1, 0.15) is 0 Å². The van der Waals surface area contributed by atoms with Crippen LogP contribution < -0.4 is 5.32 Å². The van der Waals surface area contributed by atoms with E-state index in [9.17, 15) is 5.11 Å². The molecule has 0 aliphatic rings. The summed E-state index contributed by atoms with van der Waals surface area (Å²) in [6.45, 7) is 5.72.